The van der Waals surface area contributed by atoms with Crippen LogP contribution in [0.2, 0.25) is 0 Å². The zero-order valence-electron chi connectivity index (χ0n) is 21.9. The van der Waals surface area contributed by atoms with Crippen LogP contribution in [0.15, 0.2) is 42.6 Å². The van der Waals surface area contributed by atoms with Crippen molar-refractivity contribution in [3.8, 4) is 22.5 Å². The van der Waals surface area contributed by atoms with E-state index in [1.165, 1.54) is 0 Å². The van der Waals surface area contributed by atoms with Crippen molar-refractivity contribution in [3.63, 3.8) is 0 Å². The summed E-state index contributed by atoms with van der Waals surface area (Å²) in [6.45, 7) is 8.55. The maximum Gasteiger partial charge on any atom is 0.407 e. The number of amides is 2. The molecule has 38 heavy (non-hydrogen) atoms. The first-order valence-electron chi connectivity index (χ1n) is 12.4. The highest BCUT2D eigenvalue weighted by atomic mass is 16.6. The van der Waals surface area contributed by atoms with Gasteiger partial charge in [0, 0.05) is 48.2 Å². The van der Waals surface area contributed by atoms with E-state index in [1.54, 1.807) is 11.8 Å². The average molecular weight is 515 g/mol. The lowest BCUT2D eigenvalue weighted by Gasteiger charge is -2.20. The third-order valence-corrected chi connectivity index (χ3v) is 6.19. The van der Waals surface area contributed by atoms with Crippen molar-refractivity contribution >= 4 is 23.2 Å². The normalized spacial score (nSPS) is 13.2. The summed E-state index contributed by atoms with van der Waals surface area (Å²) in [5, 5.41) is 19.1. The summed E-state index contributed by atoms with van der Waals surface area (Å²) in [5.74, 6) is 0.843. The van der Waals surface area contributed by atoms with E-state index in [9.17, 15) is 9.59 Å². The molecular formula is C27H30N8O3. The number of aromatic nitrogens is 5. The lowest BCUT2D eigenvalue weighted by molar-refractivity contribution is 0.0526. The molecule has 4 heterocycles. The van der Waals surface area contributed by atoms with Crippen LogP contribution < -0.4 is 11.1 Å². The predicted molar refractivity (Wildman–Crippen MR) is 142 cm³/mol. The van der Waals surface area contributed by atoms with Gasteiger partial charge in [-0.05, 0) is 63.9 Å². The van der Waals surface area contributed by atoms with Crippen LogP contribution in [0, 0.1) is 6.92 Å². The van der Waals surface area contributed by atoms with Crippen LogP contribution in [-0.2, 0) is 11.3 Å². The van der Waals surface area contributed by atoms with Crippen LogP contribution in [0.4, 0.5) is 10.5 Å². The third kappa shape index (κ3) is 4.99. The van der Waals surface area contributed by atoms with Crippen molar-refractivity contribution in [1.82, 2.24) is 35.0 Å². The van der Waals surface area contributed by atoms with Gasteiger partial charge in [-0.3, -0.25) is 4.79 Å². The number of anilines is 1. The van der Waals surface area contributed by atoms with Crippen LogP contribution >= 0.6 is 0 Å². The Kier molecular flexibility index (Phi) is 6.43. The van der Waals surface area contributed by atoms with Crippen molar-refractivity contribution in [2.45, 2.75) is 46.3 Å². The van der Waals surface area contributed by atoms with Gasteiger partial charge in [-0.15, -0.1) is 20.4 Å². The molecule has 11 heteroatoms. The van der Waals surface area contributed by atoms with Crippen molar-refractivity contribution in [3.05, 3.63) is 59.7 Å². The second kappa shape index (κ2) is 9.73. The van der Waals surface area contributed by atoms with E-state index in [-0.39, 0.29) is 5.91 Å². The Balaban J connectivity index is 1.44. The number of hydrogen-bond acceptors (Lipinski definition) is 8. The monoisotopic (exact) mass is 514 g/mol. The number of nitrogen functional groups attached to an aromatic ring is 1. The highest BCUT2D eigenvalue weighted by Crippen LogP contribution is 2.39. The van der Waals surface area contributed by atoms with Gasteiger partial charge in [-0.1, -0.05) is 12.1 Å². The number of carbonyl (C=O) groups excluding carboxylic acids is 2. The second-order valence-electron chi connectivity index (χ2n) is 10.3. The molecule has 0 unspecified atom stereocenters. The zero-order chi connectivity index (χ0) is 27.0. The molecule has 0 radical (unpaired) electrons. The van der Waals surface area contributed by atoms with Gasteiger partial charge >= 0.3 is 6.09 Å². The predicted octanol–water partition coefficient (Wildman–Crippen LogP) is 3.61. The molecule has 11 nitrogen and oxygen atoms in total. The van der Waals surface area contributed by atoms with E-state index < -0.39 is 11.7 Å². The fraction of sp³-hybridized carbons (Fsp3) is 0.333. The van der Waals surface area contributed by atoms with Crippen molar-refractivity contribution in [1.29, 1.82) is 0 Å². The van der Waals surface area contributed by atoms with Crippen LogP contribution in [0.25, 0.3) is 28.0 Å². The van der Waals surface area contributed by atoms with Gasteiger partial charge in [0.05, 0.1) is 5.52 Å². The zero-order valence-corrected chi connectivity index (χ0v) is 21.9. The van der Waals surface area contributed by atoms with E-state index in [4.69, 9.17) is 10.5 Å². The standard InChI is InChI=1S/C27H30N8O3/c1-16-30-32-24(33-31-16)18-10-13-35-21(14-18)22(17-6-8-19(28)9-7-17)20-15-34(25(36)23(20)35)12-5-11-29-26(37)38-27(2,3)4/h6-10,13-14H,5,11-12,15,28H2,1-4H3,(H,29,37). The lowest BCUT2D eigenvalue weighted by atomic mass is 10.0. The number of nitrogens with zero attached hydrogens (tertiary/aromatic N) is 6. The van der Waals surface area contributed by atoms with E-state index in [0.717, 1.165) is 27.8 Å². The summed E-state index contributed by atoms with van der Waals surface area (Å²) in [7, 11) is 0. The maximum atomic E-state index is 13.5. The third-order valence-electron chi connectivity index (χ3n) is 6.19. The molecule has 3 aromatic heterocycles. The number of aryl methyl sites for hydroxylation is 1. The average Bonchev–Trinajstić information content (AvgIpc) is 3.35. The van der Waals surface area contributed by atoms with E-state index in [1.807, 2.05) is 67.8 Å². The molecule has 1 aliphatic heterocycles. The molecule has 0 atom stereocenters. The highest BCUT2D eigenvalue weighted by molar-refractivity contribution is 6.04. The molecule has 0 bridgehead atoms. The van der Waals surface area contributed by atoms with Crippen LogP contribution in [0.5, 0.6) is 0 Å². The molecule has 0 spiro atoms. The molecule has 1 aliphatic rings. The largest absolute Gasteiger partial charge is 0.444 e. The van der Waals surface area contributed by atoms with Gasteiger partial charge < -0.3 is 25.1 Å². The Bertz CT molecular complexity index is 1500. The van der Waals surface area contributed by atoms with Gasteiger partial charge in [0.25, 0.3) is 5.91 Å². The first-order chi connectivity index (χ1) is 18.1. The molecule has 0 saturated carbocycles. The van der Waals surface area contributed by atoms with Gasteiger partial charge in [-0.25, -0.2) is 4.79 Å². The molecule has 0 aliphatic carbocycles. The minimum Gasteiger partial charge on any atom is -0.444 e. The Morgan fingerprint density at radius 2 is 1.79 bits per heavy atom. The SMILES string of the molecule is Cc1nnc(-c2ccn3c4c(c(-c5ccc(N)cc5)c3c2)CN(CCCNC(=O)OC(C)(C)C)C4=O)nn1. The summed E-state index contributed by atoms with van der Waals surface area (Å²) >= 11 is 0. The van der Waals surface area contributed by atoms with Crippen molar-refractivity contribution in [2.24, 2.45) is 0 Å². The molecule has 0 fully saturated rings. The minimum absolute atomic E-state index is 0.0587. The summed E-state index contributed by atoms with van der Waals surface area (Å²) in [4.78, 5) is 27.3. The number of ether oxygens (including phenoxy) is 1. The molecule has 2 amide bonds. The van der Waals surface area contributed by atoms with Gasteiger partial charge in [0.15, 0.2) is 5.82 Å². The Morgan fingerprint density at radius 3 is 2.47 bits per heavy atom. The number of rotatable bonds is 6. The Morgan fingerprint density at radius 1 is 1.08 bits per heavy atom. The minimum atomic E-state index is -0.558. The molecule has 3 N–H and O–H groups in total. The number of nitrogens with two attached hydrogens (primary N) is 1. The molecule has 5 rings (SSSR count). The molecule has 4 aromatic rings. The summed E-state index contributed by atoms with van der Waals surface area (Å²) in [6.07, 6.45) is 2.00. The topological polar surface area (TPSA) is 141 Å². The number of benzene rings is 1. The van der Waals surface area contributed by atoms with Crippen LogP contribution in [0.3, 0.4) is 0 Å². The maximum absolute atomic E-state index is 13.5. The Labute approximate surface area is 220 Å². The fourth-order valence-electron chi connectivity index (χ4n) is 4.57. The van der Waals surface area contributed by atoms with E-state index in [0.29, 0.717) is 49.1 Å². The van der Waals surface area contributed by atoms with Crippen molar-refractivity contribution < 1.29 is 14.3 Å². The molecular weight excluding hydrogens is 484 g/mol. The molecule has 0 saturated heterocycles. The lowest BCUT2D eigenvalue weighted by Crippen LogP contribution is -2.34. The summed E-state index contributed by atoms with van der Waals surface area (Å²) < 4.78 is 7.20. The number of hydrogen-bond donors (Lipinski definition) is 2. The first-order valence-corrected chi connectivity index (χ1v) is 12.4. The number of alkyl carbamates (subject to hydrolysis) is 1. The summed E-state index contributed by atoms with van der Waals surface area (Å²) in [6, 6.07) is 11.4. The second-order valence-corrected chi connectivity index (χ2v) is 10.3. The first kappa shape index (κ1) is 25.1. The number of carbonyl (C=O) groups is 2. The highest BCUT2D eigenvalue weighted by Gasteiger charge is 2.34. The van der Waals surface area contributed by atoms with Crippen LogP contribution in [-0.4, -0.2) is 60.4 Å². The fourth-order valence-corrected chi connectivity index (χ4v) is 4.57. The van der Waals surface area contributed by atoms with Gasteiger partial charge in [0.1, 0.15) is 11.3 Å². The van der Waals surface area contributed by atoms with Crippen LogP contribution in [0.1, 0.15) is 49.1 Å². The Hall–Kier alpha value is -4.54. The molecule has 196 valence electrons. The van der Waals surface area contributed by atoms with Crippen molar-refractivity contribution in [2.75, 3.05) is 18.8 Å². The summed E-state index contributed by atoms with van der Waals surface area (Å²) in [5.41, 5.74) is 11.1. The quantitative estimate of drug-likeness (QED) is 0.294. The van der Waals surface area contributed by atoms with Gasteiger partial charge in [0.2, 0.25) is 5.82 Å². The number of pyridine rings is 1. The number of nitrogens with one attached hydrogen (secondary N) is 1. The van der Waals surface area contributed by atoms with E-state index >= 15 is 0 Å². The number of fused-ring (bicyclic) bond motifs is 3. The molecule has 1 aromatic carbocycles. The van der Waals surface area contributed by atoms with Gasteiger partial charge in [-0.2, -0.15) is 0 Å². The smallest absolute Gasteiger partial charge is 0.407 e. The van der Waals surface area contributed by atoms with E-state index in [2.05, 4.69) is 25.7 Å².